The lowest BCUT2D eigenvalue weighted by atomic mass is 10.1. The number of ketones is 1. The normalized spacial score (nSPS) is 13.7. The highest BCUT2D eigenvalue weighted by Crippen LogP contribution is 2.21. The van der Waals surface area contributed by atoms with Crippen LogP contribution in [0.3, 0.4) is 0 Å². The molecule has 0 aliphatic carbocycles. The molecular weight excluding hydrogens is 355 g/mol. The van der Waals surface area contributed by atoms with Gasteiger partial charge >= 0.3 is 0 Å². The molecule has 1 aliphatic rings. The summed E-state index contributed by atoms with van der Waals surface area (Å²) in [5.74, 6) is -0.523. The van der Waals surface area contributed by atoms with E-state index < -0.39 is 5.82 Å². The Balaban J connectivity index is 1.58. The van der Waals surface area contributed by atoms with Crippen molar-refractivity contribution in [3.05, 3.63) is 53.5 Å². The number of hydrogen-bond donors (Lipinski definition) is 0. The lowest BCUT2D eigenvalue weighted by Gasteiger charge is -2.14. The van der Waals surface area contributed by atoms with Gasteiger partial charge < -0.3 is 9.64 Å². The molecule has 26 heavy (non-hydrogen) atoms. The minimum Gasteiger partial charge on any atom is -0.494 e. The Bertz CT molecular complexity index is 805. The first-order chi connectivity index (χ1) is 12.6. The van der Waals surface area contributed by atoms with Gasteiger partial charge in [0.25, 0.3) is 5.91 Å². The topological polar surface area (TPSA) is 59.5 Å². The van der Waals surface area contributed by atoms with E-state index in [1.807, 2.05) is 4.90 Å². The fourth-order valence-corrected chi connectivity index (χ4v) is 3.49. The summed E-state index contributed by atoms with van der Waals surface area (Å²) in [5, 5.41) is 0.644. The molecule has 0 radical (unpaired) electrons. The van der Waals surface area contributed by atoms with E-state index >= 15 is 0 Å². The maximum atomic E-state index is 13.7. The molecule has 0 spiro atoms. The van der Waals surface area contributed by atoms with Crippen molar-refractivity contribution in [2.24, 2.45) is 0 Å². The molecule has 2 aromatic rings. The molecule has 1 aromatic carbocycles. The van der Waals surface area contributed by atoms with Crippen molar-refractivity contribution in [3.63, 3.8) is 0 Å². The third-order valence-electron chi connectivity index (χ3n) is 4.20. The van der Waals surface area contributed by atoms with Crippen molar-refractivity contribution in [1.29, 1.82) is 0 Å². The molecule has 0 N–H and O–H groups in total. The maximum Gasteiger partial charge on any atom is 0.255 e. The number of rotatable bonds is 6. The van der Waals surface area contributed by atoms with Crippen LogP contribution in [0.25, 0.3) is 0 Å². The maximum absolute atomic E-state index is 13.7. The Morgan fingerprint density at radius 3 is 2.54 bits per heavy atom. The number of Topliss-reactive ketones (excluding diaryl/α,β-unsaturated/α-hetero) is 1. The van der Waals surface area contributed by atoms with E-state index in [4.69, 9.17) is 4.74 Å². The van der Waals surface area contributed by atoms with Crippen LogP contribution >= 0.6 is 11.8 Å². The molecule has 1 aliphatic heterocycles. The molecule has 3 rings (SSSR count). The molecule has 5 nitrogen and oxygen atoms in total. The Kier molecular flexibility index (Phi) is 5.88. The van der Waals surface area contributed by atoms with E-state index in [0.717, 1.165) is 25.9 Å². The van der Waals surface area contributed by atoms with E-state index in [1.54, 1.807) is 18.3 Å². The van der Waals surface area contributed by atoms with Gasteiger partial charge in [0.2, 0.25) is 0 Å². The number of thioether (sulfide) groups is 1. The first kappa shape index (κ1) is 18.4. The number of pyridine rings is 1. The minimum atomic E-state index is -0.564. The summed E-state index contributed by atoms with van der Waals surface area (Å²) in [5.41, 5.74) is 0.844. The van der Waals surface area contributed by atoms with Crippen molar-refractivity contribution in [3.8, 4) is 5.75 Å². The van der Waals surface area contributed by atoms with Crippen molar-refractivity contribution in [1.82, 2.24) is 9.88 Å². The average molecular weight is 374 g/mol. The van der Waals surface area contributed by atoms with Crippen LogP contribution < -0.4 is 4.74 Å². The van der Waals surface area contributed by atoms with Gasteiger partial charge in [-0.3, -0.25) is 9.59 Å². The summed E-state index contributed by atoms with van der Waals surface area (Å²) in [4.78, 5) is 30.6. The fraction of sp³-hybridized carbons (Fsp3) is 0.316. The Morgan fingerprint density at radius 1 is 1.19 bits per heavy atom. The third-order valence-corrected chi connectivity index (χ3v) is 5.15. The summed E-state index contributed by atoms with van der Waals surface area (Å²) >= 11 is 1.25. The molecule has 136 valence electrons. The fourth-order valence-electron chi connectivity index (χ4n) is 2.76. The zero-order valence-electron chi connectivity index (χ0n) is 14.4. The lowest BCUT2D eigenvalue weighted by Crippen LogP contribution is -2.27. The highest BCUT2D eigenvalue weighted by atomic mass is 32.2. The summed E-state index contributed by atoms with van der Waals surface area (Å²) in [6.07, 6.45) is 3.63. The van der Waals surface area contributed by atoms with Gasteiger partial charge in [-0.15, -0.1) is 0 Å². The molecule has 1 amide bonds. The average Bonchev–Trinajstić information content (AvgIpc) is 3.20. The summed E-state index contributed by atoms with van der Waals surface area (Å²) in [6, 6.07) is 7.61. The monoisotopic (exact) mass is 374 g/mol. The van der Waals surface area contributed by atoms with E-state index in [2.05, 4.69) is 4.98 Å². The zero-order chi connectivity index (χ0) is 18.5. The van der Waals surface area contributed by atoms with Gasteiger partial charge in [0.05, 0.1) is 23.5 Å². The van der Waals surface area contributed by atoms with Gasteiger partial charge in [0.15, 0.2) is 17.3 Å². The second-order valence-corrected chi connectivity index (χ2v) is 6.94. The van der Waals surface area contributed by atoms with Gasteiger partial charge in [0.1, 0.15) is 0 Å². The van der Waals surface area contributed by atoms with Crippen LogP contribution in [0.1, 0.15) is 33.6 Å². The quantitative estimate of drug-likeness (QED) is 0.573. The third kappa shape index (κ3) is 4.22. The number of hydrogen-bond acceptors (Lipinski definition) is 5. The standard InChI is InChI=1S/C19H19FN2O3S/c1-25-17-6-4-13(10-15(17)20)16(23)12-26-18-7-5-14(11-21-18)19(24)22-8-2-3-9-22/h4-7,10-11H,2-3,8-9,12H2,1H3. The number of carbonyl (C=O) groups is 2. The van der Waals surface area contributed by atoms with E-state index in [-0.39, 0.29) is 28.8 Å². The number of ether oxygens (including phenoxy) is 1. The molecule has 0 saturated carbocycles. The van der Waals surface area contributed by atoms with Gasteiger partial charge in [-0.25, -0.2) is 9.37 Å². The van der Waals surface area contributed by atoms with Crippen molar-refractivity contribution in [2.45, 2.75) is 17.9 Å². The highest BCUT2D eigenvalue weighted by Gasteiger charge is 2.19. The van der Waals surface area contributed by atoms with Gasteiger partial charge in [-0.05, 0) is 43.2 Å². The number of methoxy groups -OCH3 is 1. The van der Waals surface area contributed by atoms with Crippen LogP contribution in [0.5, 0.6) is 5.75 Å². The molecule has 2 heterocycles. The Labute approximate surface area is 155 Å². The van der Waals surface area contributed by atoms with Crippen LogP contribution in [-0.4, -0.2) is 47.5 Å². The summed E-state index contributed by atoms with van der Waals surface area (Å²) in [7, 11) is 1.37. The Morgan fingerprint density at radius 2 is 1.92 bits per heavy atom. The van der Waals surface area contributed by atoms with Gasteiger partial charge in [-0.2, -0.15) is 0 Å². The molecule has 1 fully saturated rings. The van der Waals surface area contributed by atoms with E-state index in [1.165, 1.54) is 37.1 Å². The minimum absolute atomic E-state index is 0.00339. The SMILES string of the molecule is COc1ccc(C(=O)CSc2ccc(C(=O)N3CCCC3)cn2)cc1F. The summed E-state index contributed by atoms with van der Waals surface area (Å²) < 4.78 is 18.5. The van der Waals surface area contributed by atoms with Crippen LogP contribution in [-0.2, 0) is 0 Å². The first-order valence-corrected chi connectivity index (χ1v) is 9.32. The predicted octanol–water partition coefficient (Wildman–Crippen LogP) is 3.44. The van der Waals surface area contributed by atoms with Crippen LogP contribution in [0, 0.1) is 5.82 Å². The molecule has 7 heteroatoms. The second-order valence-electron chi connectivity index (χ2n) is 5.95. The molecule has 0 unspecified atom stereocenters. The van der Waals surface area contributed by atoms with Gasteiger partial charge in [-0.1, -0.05) is 11.8 Å². The highest BCUT2D eigenvalue weighted by molar-refractivity contribution is 7.99. The number of nitrogens with zero attached hydrogens (tertiary/aromatic N) is 2. The van der Waals surface area contributed by atoms with E-state index in [9.17, 15) is 14.0 Å². The number of aromatic nitrogens is 1. The summed E-state index contributed by atoms with van der Waals surface area (Å²) in [6.45, 7) is 1.59. The lowest BCUT2D eigenvalue weighted by molar-refractivity contribution is 0.0792. The number of benzene rings is 1. The first-order valence-electron chi connectivity index (χ1n) is 8.33. The number of carbonyl (C=O) groups excluding carboxylic acids is 2. The molecular formula is C19H19FN2O3S. The van der Waals surface area contributed by atoms with Crippen LogP contribution in [0.2, 0.25) is 0 Å². The molecule has 1 saturated heterocycles. The zero-order valence-corrected chi connectivity index (χ0v) is 15.2. The number of halogens is 1. The van der Waals surface area contributed by atoms with Crippen LogP contribution in [0.15, 0.2) is 41.6 Å². The van der Waals surface area contributed by atoms with Crippen molar-refractivity contribution < 1.29 is 18.7 Å². The van der Waals surface area contributed by atoms with E-state index in [0.29, 0.717) is 10.6 Å². The Hall–Kier alpha value is -2.41. The molecule has 1 aromatic heterocycles. The number of likely N-dealkylation sites (tertiary alicyclic amines) is 1. The number of amides is 1. The second kappa shape index (κ2) is 8.31. The largest absolute Gasteiger partial charge is 0.494 e. The van der Waals surface area contributed by atoms with Crippen molar-refractivity contribution in [2.75, 3.05) is 26.0 Å². The van der Waals surface area contributed by atoms with Crippen LogP contribution in [0.4, 0.5) is 4.39 Å². The molecule has 0 atom stereocenters. The van der Waals surface area contributed by atoms with Crippen molar-refractivity contribution >= 4 is 23.5 Å². The predicted molar refractivity (Wildman–Crippen MR) is 97.4 cm³/mol. The molecule has 0 bridgehead atoms. The smallest absolute Gasteiger partial charge is 0.255 e. The van der Waals surface area contributed by atoms with Gasteiger partial charge in [0, 0.05) is 24.8 Å².